The van der Waals surface area contributed by atoms with Gasteiger partial charge in [0.15, 0.2) is 11.2 Å². The van der Waals surface area contributed by atoms with E-state index in [1.54, 1.807) is 60.7 Å². The van der Waals surface area contributed by atoms with E-state index in [1.165, 1.54) is 0 Å². The molecule has 0 saturated carbocycles. The van der Waals surface area contributed by atoms with E-state index >= 15 is 0 Å². The molecule has 1 atom stereocenters. The van der Waals surface area contributed by atoms with E-state index in [-0.39, 0.29) is 0 Å². The lowest BCUT2D eigenvalue weighted by Gasteiger charge is -2.08. The van der Waals surface area contributed by atoms with Gasteiger partial charge < -0.3 is 4.74 Å². The van der Waals surface area contributed by atoms with Gasteiger partial charge in [-0.15, -0.1) is 11.6 Å². The summed E-state index contributed by atoms with van der Waals surface area (Å²) in [4.78, 5) is 23.7. The number of ether oxygens (including phenoxy) is 1. The van der Waals surface area contributed by atoms with Crippen LogP contribution >= 0.6 is 11.6 Å². The van der Waals surface area contributed by atoms with Crippen molar-refractivity contribution in [2.45, 2.75) is 5.38 Å². The third-order valence-corrected chi connectivity index (χ3v) is 2.83. The Labute approximate surface area is 115 Å². The molecule has 0 aliphatic heterocycles. The minimum absolute atomic E-state index is 0.360. The Morgan fingerprint density at radius 3 is 2.00 bits per heavy atom. The molecule has 0 spiro atoms. The fourth-order valence-electron chi connectivity index (χ4n) is 1.51. The van der Waals surface area contributed by atoms with Crippen LogP contribution in [0.1, 0.15) is 10.4 Å². The van der Waals surface area contributed by atoms with Crippen LogP contribution in [0, 0.1) is 0 Å². The maximum atomic E-state index is 11.9. The second kappa shape index (κ2) is 6.16. The third-order valence-electron chi connectivity index (χ3n) is 2.46. The van der Waals surface area contributed by atoms with Crippen molar-refractivity contribution in [2.75, 3.05) is 0 Å². The number of halogens is 1. The van der Waals surface area contributed by atoms with Crippen LogP contribution < -0.4 is 4.74 Å². The van der Waals surface area contributed by atoms with Crippen molar-refractivity contribution in [3.05, 3.63) is 66.2 Å². The zero-order chi connectivity index (χ0) is 13.7. The Hall–Kier alpha value is -2.13. The van der Waals surface area contributed by atoms with Gasteiger partial charge in [0.1, 0.15) is 5.75 Å². The number of carbonyl (C=O) groups excluding carboxylic acids is 2. The zero-order valence-electron chi connectivity index (χ0n) is 9.95. The van der Waals surface area contributed by atoms with Gasteiger partial charge in [-0.05, 0) is 12.1 Å². The average molecular weight is 275 g/mol. The molecule has 4 heteroatoms. The van der Waals surface area contributed by atoms with Crippen LogP contribution in [-0.4, -0.2) is 17.1 Å². The smallest absolute Gasteiger partial charge is 0.337 e. The lowest BCUT2D eigenvalue weighted by Crippen LogP contribution is -2.29. The number of benzene rings is 2. The fraction of sp³-hybridized carbons (Fsp3) is 0.0667. The highest BCUT2D eigenvalue weighted by molar-refractivity contribution is 6.43. The van der Waals surface area contributed by atoms with Crippen LogP contribution in [0.4, 0.5) is 0 Å². The topological polar surface area (TPSA) is 43.4 Å². The van der Waals surface area contributed by atoms with E-state index in [0.29, 0.717) is 11.3 Å². The van der Waals surface area contributed by atoms with Gasteiger partial charge in [-0.3, -0.25) is 4.79 Å². The first-order valence-electron chi connectivity index (χ1n) is 5.68. The number of esters is 1. The molecule has 0 N–H and O–H groups in total. The van der Waals surface area contributed by atoms with E-state index in [0.717, 1.165) is 0 Å². The second-order valence-corrected chi connectivity index (χ2v) is 4.26. The quantitative estimate of drug-likeness (QED) is 0.283. The predicted molar refractivity (Wildman–Crippen MR) is 72.5 cm³/mol. The standard InChI is InChI=1S/C15H11ClO3/c16-13(14(17)11-7-3-1-4-8-11)15(18)19-12-9-5-2-6-10-12/h1-10,13H. The van der Waals surface area contributed by atoms with Crippen LogP contribution in [-0.2, 0) is 4.79 Å². The summed E-state index contributed by atoms with van der Waals surface area (Å²) in [5.74, 6) is -0.885. The molecule has 0 bridgehead atoms. The molecule has 1 unspecified atom stereocenters. The van der Waals surface area contributed by atoms with Crippen LogP contribution in [0.25, 0.3) is 0 Å². The summed E-state index contributed by atoms with van der Waals surface area (Å²) < 4.78 is 5.03. The van der Waals surface area contributed by atoms with Gasteiger partial charge in [0.2, 0.25) is 0 Å². The molecule has 96 valence electrons. The Balaban J connectivity index is 2.06. The molecule has 0 heterocycles. The molecule has 2 aromatic carbocycles. The van der Waals surface area contributed by atoms with E-state index in [2.05, 4.69) is 0 Å². The van der Waals surface area contributed by atoms with Gasteiger partial charge in [-0.2, -0.15) is 0 Å². The molecule has 0 fully saturated rings. The van der Waals surface area contributed by atoms with Crippen molar-refractivity contribution in [3.8, 4) is 5.75 Å². The van der Waals surface area contributed by atoms with Crippen LogP contribution in [0.15, 0.2) is 60.7 Å². The van der Waals surface area contributed by atoms with Gasteiger partial charge in [0, 0.05) is 5.56 Å². The number of Topliss-reactive ketones (excluding diaryl/α,β-unsaturated/α-hetero) is 1. The summed E-state index contributed by atoms with van der Waals surface area (Å²) in [6, 6.07) is 16.9. The number of carbonyl (C=O) groups is 2. The van der Waals surface area contributed by atoms with Crippen LogP contribution in [0.5, 0.6) is 5.75 Å². The molecule has 0 aromatic heterocycles. The van der Waals surface area contributed by atoms with E-state index in [9.17, 15) is 9.59 Å². The molecule has 2 aromatic rings. The zero-order valence-corrected chi connectivity index (χ0v) is 10.7. The fourth-order valence-corrected chi connectivity index (χ4v) is 1.68. The largest absolute Gasteiger partial charge is 0.425 e. The molecule has 3 nitrogen and oxygen atoms in total. The molecular formula is C15H11ClO3. The van der Waals surface area contributed by atoms with Crippen molar-refractivity contribution in [1.29, 1.82) is 0 Å². The monoisotopic (exact) mass is 274 g/mol. The minimum atomic E-state index is -1.34. The SMILES string of the molecule is O=C(Oc1ccccc1)C(Cl)C(=O)c1ccccc1. The third kappa shape index (κ3) is 3.42. The van der Waals surface area contributed by atoms with Gasteiger partial charge in [-0.1, -0.05) is 48.5 Å². The Morgan fingerprint density at radius 1 is 0.895 bits per heavy atom. The van der Waals surface area contributed by atoms with Gasteiger partial charge in [0.25, 0.3) is 0 Å². The van der Waals surface area contributed by atoms with Gasteiger partial charge >= 0.3 is 5.97 Å². The molecule has 19 heavy (non-hydrogen) atoms. The number of rotatable bonds is 4. The molecule has 0 amide bonds. The summed E-state index contributed by atoms with van der Waals surface area (Å²) in [6.07, 6.45) is 0. The highest BCUT2D eigenvalue weighted by Gasteiger charge is 2.26. The normalized spacial score (nSPS) is 11.6. The maximum absolute atomic E-state index is 11.9. The Bertz CT molecular complexity index is 566. The van der Waals surface area contributed by atoms with E-state index < -0.39 is 17.1 Å². The first kappa shape index (κ1) is 13.3. The number of alkyl halides is 1. The van der Waals surface area contributed by atoms with Gasteiger partial charge in [-0.25, -0.2) is 4.79 Å². The first-order valence-corrected chi connectivity index (χ1v) is 6.12. The first-order chi connectivity index (χ1) is 9.18. The van der Waals surface area contributed by atoms with Crippen molar-refractivity contribution >= 4 is 23.4 Å². The summed E-state index contributed by atoms with van der Waals surface area (Å²) in [6.45, 7) is 0. The van der Waals surface area contributed by atoms with Gasteiger partial charge in [0.05, 0.1) is 0 Å². The summed E-state index contributed by atoms with van der Waals surface area (Å²) >= 11 is 5.84. The number of hydrogen-bond donors (Lipinski definition) is 0. The average Bonchev–Trinajstić information content (AvgIpc) is 2.47. The highest BCUT2D eigenvalue weighted by Crippen LogP contribution is 2.14. The molecular weight excluding hydrogens is 264 g/mol. The second-order valence-electron chi connectivity index (χ2n) is 3.83. The van der Waals surface area contributed by atoms with Crippen molar-refractivity contribution in [1.82, 2.24) is 0 Å². The number of ketones is 1. The summed E-state index contributed by atoms with van der Waals surface area (Å²) in [5, 5.41) is -1.34. The van der Waals surface area contributed by atoms with Crippen molar-refractivity contribution in [3.63, 3.8) is 0 Å². The molecule has 0 radical (unpaired) electrons. The predicted octanol–water partition coefficient (Wildman–Crippen LogP) is 3.08. The lowest BCUT2D eigenvalue weighted by molar-refractivity contribution is -0.133. The van der Waals surface area contributed by atoms with Crippen molar-refractivity contribution in [2.24, 2.45) is 0 Å². The highest BCUT2D eigenvalue weighted by atomic mass is 35.5. The summed E-state index contributed by atoms with van der Waals surface area (Å²) in [7, 11) is 0. The van der Waals surface area contributed by atoms with Crippen molar-refractivity contribution < 1.29 is 14.3 Å². The summed E-state index contributed by atoms with van der Waals surface area (Å²) in [5.41, 5.74) is 0.382. The number of hydrogen-bond acceptors (Lipinski definition) is 3. The lowest BCUT2D eigenvalue weighted by atomic mass is 10.1. The number of para-hydroxylation sites is 1. The minimum Gasteiger partial charge on any atom is -0.425 e. The van der Waals surface area contributed by atoms with Crippen LogP contribution in [0.2, 0.25) is 0 Å². The molecule has 0 aliphatic rings. The maximum Gasteiger partial charge on any atom is 0.337 e. The Kier molecular flexibility index (Phi) is 4.31. The molecule has 2 rings (SSSR count). The molecule has 0 aliphatic carbocycles. The van der Waals surface area contributed by atoms with Crippen LogP contribution in [0.3, 0.4) is 0 Å². The Morgan fingerprint density at radius 2 is 1.42 bits per heavy atom. The molecule has 0 saturated heterocycles. The van der Waals surface area contributed by atoms with E-state index in [4.69, 9.17) is 16.3 Å². The van der Waals surface area contributed by atoms with E-state index in [1.807, 2.05) is 0 Å².